The predicted molar refractivity (Wildman–Crippen MR) is 36.0 cm³/mol. The van der Waals surface area contributed by atoms with Gasteiger partial charge in [0.05, 0.1) is 0 Å². The minimum atomic E-state index is 0.329. The SMILES string of the molecule is CC[C@H]1CCN(C)C1=O. The van der Waals surface area contributed by atoms with Crippen LogP contribution in [-0.4, -0.2) is 24.4 Å². The van der Waals surface area contributed by atoms with Gasteiger partial charge in [-0.1, -0.05) is 6.92 Å². The summed E-state index contributed by atoms with van der Waals surface area (Å²) in [4.78, 5) is 12.9. The maximum atomic E-state index is 11.1. The molecule has 1 aliphatic rings. The van der Waals surface area contributed by atoms with Crippen LogP contribution in [0.25, 0.3) is 0 Å². The molecule has 0 bridgehead atoms. The lowest BCUT2D eigenvalue weighted by atomic mass is 10.1. The molecule has 1 fully saturated rings. The maximum Gasteiger partial charge on any atom is 0.225 e. The second kappa shape index (κ2) is 2.38. The number of rotatable bonds is 1. The van der Waals surface area contributed by atoms with E-state index in [1.807, 2.05) is 11.9 Å². The number of amides is 1. The molecule has 1 atom stereocenters. The Morgan fingerprint density at radius 3 is 2.67 bits per heavy atom. The van der Waals surface area contributed by atoms with Crippen LogP contribution in [0.3, 0.4) is 0 Å². The van der Waals surface area contributed by atoms with E-state index in [9.17, 15) is 4.79 Å². The monoisotopic (exact) mass is 127 g/mol. The first kappa shape index (κ1) is 6.59. The predicted octanol–water partition coefficient (Wildman–Crippen LogP) is 0.875. The summed E-state index contributed by atoms with van der Waals surface area (Å²) in [5.74, 6) is 0.660. The van der Waals surface area contributed by atoms with Crippen molar-refractivity contribution in [2.24, 2.45) is 5.92 Å². The summed E-state index contributed by atoms with van der Waals surface area (Å²) >= 11 is 0. The van der Waals surface area contributed by atoms with E-state index in [0.717, 1.165) is 19.4 Å². The third kappa shape index (κ3) is 1.07. The topological polar surface area (TPSA) is 20.3 Å². The van der Waals surface area contributed by atoms with E-state index < -0.39 is 0 Å². The van der Waals surface area contributed by atoms with Crippen LogP contribution in [-0.2, 0) is 4.79 Å². The van der Waals surface area contributed by atoms with E-state index >= 15 is 0 Å². The van der Waals surface area contributed by atoms with Crippen molar-refractivity contribution < 1.29 is 4.79 Å². The van der Waals surface area contributed by atoms with Crippen LogP contribution in [0.1, 0.15) is 19.8 Å². The van der Waals surface area contributed by atoms with Crippen LogP contribution >= 0.6 is 0 Å². The maximum absolute atomic E-state index is 11.1. The molecule has 1 amide bonds. The Hall–Kier alpha value is -0.530. The Morgan fingerprint density at radius 2 is 2.44 bits per heavy atom. The lowest BCUT2D eigenvalue weighted by molar-refractivity contribution is -0.129. The highest BCUT2D eigenvalue weighted by molar-refractivity contribution is 5.80. The van der Waals surface area contributed by atoms with Crippen LogP contribution in [0, 0.1) is 5.92 Å². The third-order valence-corrected chi connectivity index (χ3v) is 2.03. The van der Waals surface area contributed by atoms with Gasteiger partial charge < -0.3 is 4.90 Å². The first-order chi connectivity index (χ1) is 4.25. The summed E-state index contributed by atoms with van der Waals surface area (Å²) in [6.07, 6.45) is 2.06. The molecule has 1 aliphatic heterocycles. The molecule has 1 saturated heterocycles. The van der Waals surface area contributed by atoms with E-state index in [4.69, 9.17) is 0 Å². The van der Waals surface area contributed by atoms with E-state index in [1.165, 1.54) is 0 Å². The summed E-state index contributed by atoms with van der Waals surface area (Å²) in [5.41, 5.74) is 0. The minimum absolute atomic E-state index is 0.329. The second-order valence-electron chi connectivity index (χ2n) is 2.65. The molecule has 0 N–H and O–H groups in total. The number of carbonyl (C=O) groups excluding carboxylic acids is 1. The summed E-state index contributed by atoms with van der Waals surface area (Å²) in [6, 6.07) is 0. The standard InChI is InChI=1S/C7H13NO/c1-3-6-4-5-8(2)7(6)9/h6H,3-5H2,1-2H3/t6-/m0/s1. The first-order valence-corrected chi connectivity index (χ1v) is 3.50. The Kier molecular flexibility index (Phi) is 1.74. The summed E-state index contributed by atoms with van der Waals surface area (Å²) in [6.45, 7) is 3.03. The fraction of sp³-hybridized carbons (Fsp3) is 0.857. The lowest BCUT2D eigenvalue weighted by Crippen LogP contribution is -2.22. The van der Waals surface area contributed by atoms with Gasteiger partial charge in [0, 0.05) is 19.5 Å². The Labute approximate surface area is 55.8 Å². The molecular weight excluding hydrogens is 114 g/mol. The third-order valence-electron chi connectivity index (χ3n) is 2.03. The van der Waals surface area contributed by atoms with Gasteiger partial charge in [0.1, 0.15) is 0 Å². The van der Waals surface area contributed by atoms with E-state index in [-0.39, 0.29) is 0 Å². The van der Waals surface area contributed by atoms with Gasteiger partial charge in [0.25, 0.3) is 0 Å². The van der Waals surface area contributed by atoms with Gasteiger partial charge in [-0.25, -0.2) is 0 Å². The molecule has 0 aliphatic carbocycles. The number of nitrogens with zero attached hydrogens (tertiary/aromatic N) is 1. The second-order valence-corrected chi connectivity index (χ2v) is 2.65. The fourth-order valence-corrected chi connectivity index (χ4v) is 1.27. The zero-order chi connectivity index (χ0) is 6.85. The number of likely N-dealkylation sites (tertiary alicyclic amines) is 1. The van der Waals surface area contributed by atoms with Gasteiger partial charge in [-0.05, 0) is 12.8 Å². The van der Waals surface area contributed by atoms with Gasteiger partial charge in [-0.15, -0.1) is 0 Å². The largest absolute Gasteiger partial charge is 0.345 e. The van der Waals surface area contributed by atoms with Crippen molar-refractivity contribution in [2.45, 2.75) is 19.8 Å². The van der Waals surface area contributed by atoms with Crippen molar-refractivity contribution >= 4 is 5.91 Å². The van der Waals surface area contributed by atoms with Crippen molar-refractivity contribution in [3.05, 3.63) is 0 Å². The molecule has 1 heterocycles. The average Bonchev–Trinajstić information content (AvgIpc) is 2.15. The van der Waals surface area contributed by atoms with Gasteiger partial charge in [0.15, 0.2) is 0 Å². The first-order valence-electron chi connectivity index (χ1n) is 3.50. The fourth-order valence-electron chi connectivity index (χ4n) is 1.27. The number of hydrogen-bond donors (Lipinski definition) is 0. The smallest absolute Gasteiger partial charge is 0.225 e. The lowest BCUT2D eigenvalue weighted by Gasteiger charge is -2.07. The van der Waals surface area contributed by atoms with Crippen LogP contribution in [0.4, 0.5) is 0 Å². The van der Waals surface area contributed by atoms with Crippen molar-refractivity contribution in [3.63, 3.8) is 0 Å². The molecule has 2 nitrogen and oxygen atoms in total. The molecule has 9 heavy (non-hydrogen) atoms. The molecule has 0 aromatic heterocycles. The Balaban J connectivity index is 2.51. The van der Waals surface area contributed by atoms with E-state index in [1.54, 1.807) is 0 Å². The van der Waals surface area contributed by atoms with Crippen molar-refractivity contribution in [1.82, 2.24) is 4.90 Å². The molecule has 0 aromatic rings. The summed E-state index contributed by atoms with van der Waals surface area (Å²) < 4.78 is 0. The molecule has 0 unspecified atom stereocenters. The van der Waals surface area contributed by atoms with Crippen molar-refractivity contribution in [1.29, 1.82) is 0 Å². The van der Waals surface area contributed by atoms with Crippen molar-refractivity contribution in [2.75, 3.05) is 13.6 Å². The molecular formula is C7H13NO. The van der Waals surface area contributed by atoms with Crippen LogP contribution in [0.2, 0.25) is 0 Å². The van der Waals surface area contributed by atoms with Gasteiger partial charge in [0.2, 0.25) is 5.91 Å². The van der Waals surface area contributed by atoms with Crippen LogP contribution in [0.5, 0.6) is 0 Å². The molecule has 0 radical (unpaired) electrons. The zero-order valence-electron chi connectivity index (χ0n) is 6.05. The van der Waals surface area contributed by atoms with Gasteiger partial charge in [-0.2, -0.15) is 0 Å². The normalized spacial score (nSPS) is 27.6. The Morgan fingerprint density at radius 1 is 1.78 bits per heavy atom. The molecule has 2 heteroatoms. The average molecular weight is 127 g/mol. The van der Waals surface area contributed by atoms with Crippen LogP contribution in [0.15, 0.2) is 0 Å². The summed E-state index contributed by atoms with van der Waals surface area (Å²) in [5, 5.41) is 0. The zero-order valence-corrected chi connectivity index (χ0v) is 6.05. The molecule has 0 spiro atoms. The summed E-state index contributed by atoms with van der Waals surface area (Å²) in [7, 11) is 1.87. The number of hydrogen-bond acceptors (Lipinski definition) is 1. The molecule has 0 aromatic carbocycles. The van der Waals surface area contributed by atoms with Crippen molar-refractivity contribution in [3.8, 4) is 0 Å². The Bertz CT molecular complexity index is 122. The number of carbonyl (C=O) groups is 1. The molecule has 52 valence electrons. The van der Waals surface area contributed by atoms with E-state index in [0.29, 0.717) is 11.8 Å². The molecule has 0 saturated carbocycles. The van der Waals surface area contributed by atoms with Gasteiger partial charge in [-0.3, -0.25) is 4.79 Å². The van der Waals surface area contributed by atoms with E-state index in [2.05, 4.69) is 6.92 Å². The van der Waals surface area contributed by atoms with Gasteiger partial charge >= 0.3 is 0 Å². The van der Waals surface area contributed by atoms with Crippen LogP contribution < -0.4 is 0 Å². The highest BCUT2D eigenvalue weighted by Crippen LogP contribution is 2.18. The molecule has 1 rings (SSSR count). The minimum Gasteiger partial charge on any atom is -0.345 e. The highest BCUT2D eigenvalue weighted by Gasteiger charge is 2.26. The highest BCUT2D eigenvalue weighted by atomic mass is 16.2. The quantitative estimate of drug-likeness (QED) is 0.512.